The number of guanidine groups is 1. The van der Waals surface area contributed by atoms with Crippen LogP contribution in [0.5, 0.6) is 0 Å². The number of nitro groups is 1. The number of carbonyl (C=O) groups is 3. The minimum atomic E-state index is -0.980. The molecule has 2 unspecified atom stereocenters. The van der Waals surface area contributed by atoms with Crippen LogP contribution in [0.25, 0.3) is 0 Å². The Kier molecular flexibility index (Phi) is 13.2. The van der Waals surface area contributed by atoms with Gasteiger partial charge in [-0.05, 0) is 31.6 Å². The Morgan fingerprint density at radius 3 is 2.63 bits per heavy atom. The smallest absolute Gasteiger partial charge is 0.251 e. The number of nitrogens with one attached hydrogen (secondary N) is 3. The third kappa shape index (κ3) is 11.1. The Bertz CT molecular complexity index is 851. The van der Waals surface area contributed by atoms with Gasteiger partial charge in [-0.3, -0.25) is 19.6 Å². The number of nitrogens with two attached hydrogens (primary N) is 1. The molecule has 35 heavy (non-hydrogen) atoms. The van der Waals surface area contributed by atoms with Crippen LogP contribution >= 0.6 is 11.3 Å². The van der Waals surface area contributed by atoms with Gasteiger partial charge in [-0.15, -0.1) is 11.3 Å². The van der Waals surface area contributed by atoms with E-state index in [0.717, 1.165) is 0 Å². The summed E-state index contributed by atoms with van der Waals surface area (Å²) >= 11 is 1.21. The molecule has 0 aliphatic carbocycles. The summed E-state index contributed by atoms with van der Waals surface area (Å²) in [4.78, 5) is 55.7. The van der Waals surface area contributed by atoms with Gasteiger partial charge in [0.05, 0.1) is 12.0 Å². The number of rotatable bonds is 16. The van der Waals surface area contributed by atoms with Gasteiger partial charge in [0.2, 0.25) is 18.2 Å². The molecule has 1 aromatic rings. The van der Waals surface area contributed by atoms with Gasteiger partial charge < -0.3 is 16.4 Å². The molecule has 0 saturated carbocycles. The summed E-state index contributed by atoms with van der Waals surface area (Å²) in [5, 5.41) is 27.6. The van der Waals surface area contributed by atoms with Crippen molar-refractivity contribution in [2.24, 2.45) is 22.6 Å². The minimum Gasteiger partial charge on any atom is -0.365 e. The Morgan fingerprint density at radius 1 is 1.37 bits per heavy atom. The molecule has 196 valence electrons. The highest BCUT2D eigenvalue weighted by Crippen LogP contribution is 2.23. The van der Waals surface area contributed by atoms with Gasteiger partial charge in [-0.2, -0.15) is 0 Å². The van der Waals surface area contributed by atoms with Gasteiger partial charge in [0.15, 0.2) is 10.2 Å². The van der Waals surface area contributed by atoms with E-state index in [-0.39, 0.29) is 37.7 Å². The third-order valence-corrected chi connectivity index (χ3v) is 5.68. The number of thiazole rings is 1. The molecule has 0 saturated heterocycles. The van der Waals surface area contributed by atoms with Crippen LogP contribution in [0.4, 0.5) is 5.13 Å². The molecule has 0 radical (unpaired) electrons. The summed E-state index contributed by atoms with van der Waals surface area (Å²) < 4.78 is 0. The molecule has 6 N–H and O–H groups in total. The quantitative estimate of drug-likeness (QED) is 0.0407. The van der Waals surface area contributed by atoms with Gasteiger partial charge in [0, 0.05) is 18.1 Å². The number of amides is 3. The van der Waals surface area contributed by atoms with Crippen molar-refractivity contribution >= 4 is 40.7 Å². The number of hydrazine groups is 1. The average Bonchev–Trinajstić information content (AvgIpc) is 3.29. The van der Waals surface area contributed by atoms with Gasteiger partial charge in [0.1, 0.15) is 6.04 Å². The van der Waals surface area contributed by atoms with E-state index in [1.165, 1.54) is 17.5 Å². The monoisotopic (exact) mass is 514 g/mol. The number of carbonyl (C=O) groups excluding carboxylic acids is 3. The third-order valence-electron chi connectivity index (χ3n) is 4.99. The van der Waals surface area contributed by atoms with E-state index in [9.17, 15) is 29.7 Å². The second-order valence-corrected chi connectivity index (χ2v) is 9.14. The van der Waals surface area contributed by atoms with Crippen molar-refractivity contribution in [1.82, 2.24) is 20.8 Å². The summed E-state index contributed by atoms with van der Waals surface area (Å²) in [7, 11) is 0. The first-order valence-corrected chi connectivity index (χ1v) is 12.1. The van der Waals surface area contributed by atoms with Crippen LogP contribution in [0.2, 0.25) is 0 Å². The Morgan fingerprint density at radius 2 is 2.09 bits per heavy atom. The molecule has 0 bridgehead atoms. The largest absolute Gasteiger partial charge is 0.365 e. The number of hydrogen-bond donors (Lipinski definition) is 5. The molecule has 1 heterocycles. The van der Waals surface area contributed by atoms with Crippen LogP contribution in [0.15, 0.2) is 16.6 Å². The van der Waals surface area contributed by atoms with Crippen LogP contribution in [-0.2, 0) is 14.4 Å². The molecule has 1 aromatic heterocycles. The van der Waals surface area contributed by atoms with Gasteiger partial charge in [-0.1, -0.05) is 32.6 Å². The summed E-state index contributed by atoms with van der Waals surface area (Å²) in [6.07, 6.45) is 3.64. The Labute approximate surface area is 207 Å². The lowest BCUT2D eigenvalue weighted by Crippen LogP contribution is -2.51. The fourth-order valence-electron chi connectivity index (χ4n) is 3.49. The molecular formula is C20H34N8O6S. The standard InChI is InChI=1S/C20H34N8O6S/c1-4-6-16(27(32)12-29)14(11-13(2)3)17(30)24-15(18(31)25-20-23-9-10-35-20)7-5-8-22-19(21)26-28(33)34/h9-10,12-16,32H,4-8,11H2,1-3H3,(H,24,30)(H3,21,22,26)(H,23,25,31)/t14-,15?,16?/m1/s1. The van der Waals surface area contributed by atoms with Crippen LogP contribution < -0.4 is 21.8 Å². The molecule has 0 fully saturated rings. The summed E-state index contributed by atoms with van der Waals surface area (Å²) in [6.45, 7) is 5.78. The molecule has 0 aliphatic heterocycles. The number of nitrogens with zero attached hydrogens (tertiary/aromatic N) is 4. The van der Waals surface area contributed by atoms with Crippen LogP contribution in [0.1, 0.15) is 52.9 Å². The van der Waals surface area contributed by atoms with Crippen molar-refractivity contribution in [1.29, 1.82) is 0 Å². The average molecular weight is 515 g/mol. The highest BCUT2D eigenvalue weighted by atomic mass is 32.1. The lowest BCUT2D eigenvalue weighted by atomic mass is 9.86. The zero-order chi connectivity index (χ0) is 26.4. The van der Waals surface area contributed by atoms with Crippen molar-refractivity contribution in [3.05, 3.63) is 21.7 Å². The first-order valence-electron chi connectivity index (χ1n) is 11.2. The predicted molar refractivity (Wildman–Crippen MR) is 130 cm³/mol. The predicted octanol–water partition coefficient (Wildman–Crippen LogP) is 1.12. The fourth-order valence-corrected chi connectivity index (χ4v) is 4.02. The van der Waals surface area contributed by atoms with Gasteiger partial charge >= 0.3 is 0 Å². The van der Waals surface area contributed by atoms with E-state index >= 15 is 0 Å². The maximum absolute atomic E-state index is 13.3. The highest BCUT2D eigenvalue weighted by molar-refractivity contribution is 7.13. The molecule has 14 nitrogen and oxygen atoms in total. The first kappa shape index (κ1) is 29.7. The van der Waals surface area contributed by atoms with Crippen molar-refractivity contribution in [2.75, 3.05) is 11.9 Å². The molecule has 15 heteroatoms. The first-order chi connectivity index (χ1) is 16.6. The second kappa shape index (κ2) is 15.5. The number of aliphatic imine (C=N–C) groups is 1. The zero-order valence-electron chi connectivity index (χ0n) is 20.0. The molecule has 1 rings (SSSR count). The fraction of sp³-hybridized carbons (Fsp3) is 0.650. The zero-order valence-corrected chi connectivity index (χ0v) is 20.9. The number of hydroxylamine groups is 2. The lowest BCUT2D eigenvalue weighted by molar-refractivity contribution is -0.525. The van der Waals surface area contributed by atoms with E-state index in [0.29, 0.717) is 29.5 Å². The molecule has 0 aromatic carbocycles. The van der Waals surface area contributed by atoms with Gasteiger partial charge in [-0.25, -0.2) is 25.2 Å². The molecule has 3 amide bonds. The SMILES string of the molecule is CCCC([C@@H](CC(C)C)C(=O)NC(CCCN=C(N)N[N+](=O)[O-])C(=O)Nc1nccs1)N(O)C=O. The van der Waals surface area contributed by atoms with E-state index in [2.05, 4.69) is 20.6 Å². The number of anilines is 1. The van der Waals surface area contributed by atoms with Crippen molar-refractivity contribution < 1.29 is 24.6 Å². The summed E-state index contributed by atoms with van der Waals surface area (Å²) in [5.41, 5.74) is 7.12. The highest BCUT2D eigenvalue weighted by Gasteiger charge is 2.34. The topological polar surface area (TPSA) is 205 Å². The van der Waals surface area contributed by atoms with E-state index in [4.69, 9.17) is 5.73 Å². The van der Waals surface area contributed by atoms with Crippen LogP contribution in [0, 0.1) is 22.0 Å². The number of aromatic nitrogens is 1. The maximum Gasteiger partial charge on any atom is 0.251 e. The van der Waals surface area contributed by atoms with E-state index in [1.807, 2.05) is 20.8 Å². The molecule has 0 aliphatic rings. The second-order valence-electron chi connectivity index (χ2n) is 8.24. The lowest BCUT2D eigenvalue weighted by Gasteiger charge is -2.32. The number of hydrogen-bond acceptors (Lipinski definition) is 9. The Balaban J connectivity index is 3.03. The Hall–Kier alpha value is -3.33. The van der Waals surface area contributed by atoms with Crippen LogP contribution in [0.3, 0.4) is 0 Å². The van der Waals surface area contributed by atoms with Crippen LogP contribution in [-0.4, -0.2) is 63.1 Å². The summed E-state index contributed by atoms with van der Waals surface area (Å²) in [5.74, 6) is -2.02. The van der Waals surface area contributed by atoms with Crippen molar-refractivity contribution in [3.8, 4) is 0 Å². The van der Waals surface area contributed by atoms with Crippen molar-refractivity contribution in [2.45, 2.75) is 65.0 Å². The van der Waals surface area contributed by atoms with Crippen molar-refractivity contribution in [3.63, 3.8) is 0 Å². The summed E-state index contributed by atoms with van der Waals surface area (Å²) in [6, 6.07) is -1.73. The molecular weight excluding hydrogens is 480 g/mol. The molecule has 3 atom stereocenters. The minimum absolute atomic E-state index is 0.0764. The van der Waals surface area contributed by atoms with E-state index in [1.54, 1.807) is 10.8 Å². The maximum atomic E-state index is 13.3. The van der Waals surface area contributed by atoms with E-state index < -0.39 is 34.8 Å². The molecule has 0 spiro atoms. The normalized spacial score (nSPS) is 14.0. The van der Waals surface area contributed by atoms with Gasteiger partial charge in [0.25, 0.3) is 5.96 Å².